The fourth-order valence-electron chi connectivity index (χ4n) is 3.93. The molecule has 0 radical (unpaired) electrons. The first-order valence-electron chi connectivity index (χ1n) is 8.74. The number of alkyl halides is 2. The maximum absolute atomic E-state index is 13.7. The third-order valence-corrected chi connectivity index (χ3v) is 5.19. The van der Waals surface area contributed by atoms with Crippen molar-refractivity contribution in [2.75, 3.05) is 0 Å². The zero-order chi connectivity index (χ0) is 18.1. The lowest BCUT2D eigenvalue weighted by molar-refractivity contribution is 0.0444. The molecule has 4 rings (SSSR count). The van der Waals surface area contributed by atoms with Gasteiger partial charge in [-0.25, -0.2) is 13.2 Å². The van der Waals surface area contributed by atoms with E-state index < -0.39 is 6.43 Å². The van der Waals surface area contributed by atoms with Crippen LogP contribution in [-0.4, -0.2) is 6.10 Å². The first kappa shape index (κ1) is 17.1. The maximum Gasteiger partial charge on any atom is 0.263 e. The van der Waals surface area contributed by atoms with Gasteiger partial charge in [-0.15, -0.1) is 0 Å². The number of ether oxygens (including phenoxy) is 1. The quantitative estimate of drug-likeness (QED) is 0.666. The number of allylic oxidation sites excluding steroid dienone is 2. The van der Waals surface area contributed by atoms with E-state index in [0.717, 1.165) is 16.7 Å². The number of hydrogen-bond donors (Lipinski definition) is 0. The topological polar surface area (TPSA) is 9.23 Å². The zero-order valence-electron chi connectivity index (χ0n) is 14.1. The van der Waals surface area contributed by atoms with E-state index in [0.29, 0.717) is 13.0 Å². The van der Waals surface area contributed by atoms with E-state index >= 15 is 0 Å². The molecule has 1 nitrogen and oxygen atoms in total. The highest BCUT2D eigenvalue weighted by atomic mass is 19.3. The van der Waals surface area contributed by atoms with Gasteiger partial charge in [0.05, 0.1) is 12.7 Å². The second kappa shape index (κ2) is 7.12. The van der Waals surface area contributed by atoms with E-state index in [-0.39, 0.29) is 29.3 Å². The highest BCUT2D eigenvalue weighted by Gasteiger charge is 2.34. The summed E-state index contributed by atoms with van der Waals surface area (Å²) in [5.74, 6) is -0.295. The third-order valence-electron chi connectivity index (χ3n) is 5.19. The van der Waals surface area contributed by atoms with Gasteiger partial charge in [0.25, 0.3) is 6.43 Å². The maximum atomic E-state index is 13.7. The summed E-state index contributed by atoms with van der Waals surface area (Å²) in [5.41, 5.74) is 3.09. The summed E-state index contributed by atoms with van der Waals surface area (Å²) in [6.07, 6.45) is 2.60. The molecule has 1 aliphatic carbocycles. The number of fused-ring (bicyclic) bond motifs is 2. The van der Waals surface area contributed by atoms with Crippen molar-refractivity contribution in [3.8, 4) is 0 Å². The van der Waals surface area contributed by atoms with Gasteiger partial charge in [-0.2, -0.15) is 0 Å². The summed E-state index contributed by atoms with van der Waals surface area (Å²) in [7, 11) is 0. The van der Waals surface area contributed by atoms with Gasteiger partial charge in [-0.1, -0.05) is 54.6 Å². The molecule has 1 aliphatic heterocycles. The standard InChI is InChI=1S/C22H19F3O/c23-17-8-9-19-20(11-14-4-3-6-15(10-14)22(24)25)18-7-2-1-5-16(18)13-26-21(19)12-17/h1-10,12,19-22H,11,13H2. The molecule has 134 valence electrons. The van der Waals surface area contributed by atoms with Crippen LogP contribution < -0.4 is 0 Å². The van der Waals surface area contributed by atoms with Crippen molar-refractivity contribution in [2.45, 2.75) is 31.5 Å². The smallest absolute Gasteiger partial charge is 0.263 e. The minimum Gasteiger partial charge on any atom is -0.369 e. The van der Waals surface area contributed by atoms with Gasteiger partial charge >= 0.3 is 0 Å². The minimum absolute atomic E-state index is 0.0299. The van der Waals surface area contributed by atoms with Crippen LogP contribution in [0.15, 0.2) is 72.6 Å². The Morgan fingerprint density at radius 3 is 2.77 bits per heavy atom. The molecule has 3 unspecified atom stereocenters. The molecule has 0 bridgehead atoms. The summed E-state index contributed by atoms with van der Waals surface area (Å²) in [6, 6.07) is 14.6. The lowest BCUT2D eigenvalue weighted by Gasteiger charge is -2.30. The third kappa shape index (κ3) is 3.34. The fourth-order valence-corrected chi connectivity index (χ4v) is 3.93. The van der Waals surface area contributed by atoms with Crippen LogP contribution in [0.1, 0.15) is 34.6 Å². The fraction of sp³-hybridized carbons (Fsp3) is 0.273. The van der Waals surface area contributed by atoms with Crippen molar-refractivity contribution < 1.29 is 17.9 Å². The molecule has 4 heteroatoms. The summed E-state index contributed by atoms with van der Waals surface area (Å²) in [5, 5.41) is 0. The number of halogens is 3. The van der Waals surface area contributed by atoms with Gasteiger partial charge in [0.1, 0.15) is 5.83 Å². The average Bonchev–Trinajstić information content (AvgIpc) is 2.79. The van der Waals surface area contributed by atoms with Gasteiger partial charge < -0.3 is 4.74 Å². The molecular formula is C22H19F3O. The molecule has 0 amide bonds. The lowest BCUT2D eigenvalue weighted by Crippen LogP contribution is -2.27. The Labute approximate surface area is 150 Å². The SMILES string of the molecule is FC1=CC2OCc3ccccc3C(Cc3cccc(C(F)F)c3)C2C=C1. The first-order chi connectivity index (χ1) is 12.6. The molecule has 0 N–H and O–H groups in total. The monoisotopic (exact) mass is 356 g/mol. The van der Waals surface area contributed by atoms with Crippen molar-refractivity contribution in [3.05, 3.63) is 94.8 Å². The van der Waals surface area contributed by atoms with Gasteiger partial charge in [0.2, 0.25) is 0 Å². The van der Waals surface area contributed by atoms with Crippen molar-refractivity contribution in [1.29, 1.82) is 0 Å². The first-order valence-corrected chi connectivity index (χ1v) is 8.74. The van der Waals surface area contributed by atoms with Gasteiger partial charge in [0, 0.05) is 11.5 Å². The van der Waals surface area contributed by atoms with E-state index in [1.807, 2.05) is 30.3 Å². The largest absolute Gasteiger partial charge is 0.369 e. The van der Waals surface area contributed by atoms with Crippen LogP contribution in [0.5, 0.6) is 0 Å². The van der Waals surface area contributed by atoms with E-state index in [9.17, 15) is 13.2 Å². The lowest BCUT2D eigenvalue weighted by atomic mass is 9.76. The summed E-state index contributed by atoms with van der Waals surface area (Å²) >= 11 is 0. The molecular weight excluding hydrogens is 337 g/mol. The van der Waals surface area contributed by atoms with E-state index in [1.165, 1.54) is 18.2 Å². The summed E-state index contributed by atoms with van der Waals surface area (Å²) < 4.78 is 45.8. The normalized spacial score (nSPS) is 24.6. The van der Waals surface area contributed by atoms with Crippen LogP contribution in [0.4, 0.5) is 13.2 Å². The van der Waals surface area contributed by atoms with Crippen LogP contribution in [0.3, 0.4) is 0 Å². The highest BCUT2D eigenvalue weighted by molar-refractivity contribution is 5.37. The van der Waals surface area contributed by atoms with E-state index in [4.69, 9.17) is 4.74 Å². The van der Waals surface area contributed by atoms with E-state index in [1.54, 1.807) is 12.1 Å². The Bertz CT molecular complexity index is 856. The molecule has 3 atom stereocenters. The van der Waals surface area contributed by atoms with E-state index in [2.05, 4.69) is 6.07 Å². The molecule has 0 aromatic heterocycles. The Balaban J connectivity index is 1.73. The number of rotatable bonds is 3. The molecule has 2 aromatic rings. The van der Waals surface area contributed by atoms with Crippen molar-refractivity contribution in [1.82, 2.24) is 0 Å². The molecule has 0 saturated carbocycles. The molecule has 1 heterocycles. The predicted octanol–water partition coefficient (Wildman–Crippen LogP) is 5.89. The van der Waals surface area contributed by atoms with Crippen LogP contribution >= 0.6 is 0 Å². The Morgan fingerprint density at radius 1 is 1.08 bits per heavy atom. The summed E-state index contributed by atoms with van der Waals surface area (Å²) in [6.45, 7) is 0.419. The second-order valence-corrected chi connectivity index (χ2v) is 6.82. The van der Waals surface area contributed by atoms with Gasteiger partial charge in [0.15, 0.2) is 0 Å². The molecule has 2 aromatic carbocycles. The Kier molecular flexibility index (Phi) is 4.68. The van der Waals surface area contributed by atoms with Crippen molar-refractivity contribution >= 4 is 0 Å². The van der Waals surface area contributed by atoms with Gasteiger partial charge in [-0.05, 0) is 41.2 Å². The second-order valence-electron chi connectivity index (χ2n) is 6.82. The van der Waals surface area contributed by atoms with Crippen LogP contribution in [0.2, 0.25) is 0 Å². The van der Waals surface area contributed by atoms with Gasteiger partial charge in [-0.3, -0.25) is 0 Å². The highest BCUT2D eigenvalue weighted by Crippen LogP contribution is 2.40. The molecule has 0 fully saturated rings. The molecule has 0 spiro atoms. The molecule has 2 aliphatic rings. The van der Waals surface area contributed by atoms with Crippen LogP contribution in [0, 0.1) is 5.92 Å². The Morgan fingerprint density at radius 2 is 1.92 bits per heavy atom. The minimum atomic E-state index is -2.49. The van der Waals surface area contributed by atoms with Crippen LogP contribution in [0.25, 0.3) is 0 Å². The van der Waals surface area contributed by atoms with Crippen molar-refractivity contribution in [3.63, 3.8) is 0 Å². The molecule has 26 heavy (non-hydrogen) atoms. The number of benzene rings is 2. The Hall–Kier alpha value is -2.33. The predicted molar refractivity (Wildman–Crippen MR) is 94.7 cm³/mol. The zero-order valence-corrected chi connectivity index (χ0v) is 14.1. The van der Waals surface area contributed by atoms with Crippen molar-refractivity contribution in [2.24, 2.45) is 5.92 Å². The average molecular weight is 356 g/mol. The van der Waals surface area contributed by atoms with Crippen LogP contribution in [-0.2, 0) is 17.8 Å². The number of hydrogen-bond acceptors (Lipinski definition) is 1. The molecule has 0 saturated heterocycles. The summed E-state index contributed by atoms with van der Waals surface area (Å²) in [4.78, 5) is 0.